The highest BCUT2D eigenvalue weighted by molar-refractivity contribution is 6.36. The van der Waals surface area contributed by atoms with Crippen molar-refractivity contribution in [2.75, 3.05) is 42.1 Å². The smallest absolute Gasteiger partial charge is 0.475 e. The number of nitrogens with one attached hydrogen (secondary N) is 5. The Bertz CT molecular complexity index is 1380. The van der Waals surface area contributed by atoms with Gasteiger partial charge in [-0.05, 0) is 36.4 Å². The van der Waals surface area contributed by atoms with Crippen LogP contribution in [0.1, 0.15) is 10.4 Å². The minimum Gasteiger partial charge on any atom is -0.475 e. The SMILES string of the molecule is O=C(Nc1ccc(NC2=NCCN2)cc1Cl)c1ccc(NC2=NCCN2)cc1Cl.O=C(O)C(F)(F)F.O=C(O)C(F)(F)F. The molecule has 20 heteroatoms. The fourth-order valence-electron chi connectivity index (χ4n) is 2.90. The molecule has 1 amide bonds. The van der Waals surface area contributed by atoms with Gasteiger partial charge in [0.25, 0.3) is 5.91 Å². The maximum Gasteiger partial charge on any atom is 0.490 e. The summed E-state index contributed by atoms with van der Waals surface area (Å²) in [6, 6.07) is 10.4. The summed E-state index contributed by atoms with van der Waals surface area (Å²) < 4.78 is 63.5. The van der Waals surface area contributed by atoms with Gasteiger partial charge in [-0.1, -0.05) is 23.2 Å². The van der Waals surface area contributed by atoms with Crippen molar-refractivity contribution in [1.82, 2.24) is 10.6 Å². The van der Waals surface area contributed by atoms with Crippen LogP contribution in [-0.4, -0.2) is 78.5 Å². The van der Waals surface area contributed by atoms with Gasteiger partial charge in [0.2, 0.25) is 0 Å². The number of carboxylic acids is 2. The molecule has 2 aromatic carbocycles. The fraction of sp³-hybridized carbons (Fsp3) is 0.261. The van der Waals surface area contributed by atoms with Crippen molar-refractivity contribution in [1.29, 1.82) is 0 Å². The summed E-state index contributed by atoms with van der Waals surface area (Å²) in [5.41, 5.74) is 2.36. The Morgan fingerprint density at radius 2 is 1.16 bits per heavy atom. The maximum absolute atomic E-state index is 12.7. The second-order valence-electron chi connectivity index (χ2n) is 8.01. The van der Waals surface area contributed by atoms with Crippen LogP contribution in [0.4, 0.5) is 43.4 Å². The van der Waals surface area contributed by atoms with E-state index in [1.165, 1.54) is 0 Å². The molecule has 2 aromatic rings. The molecule has 0 bridgehead atoms. The zero-order valence-electron chi connectivity index (χ0n) is 21.3. The van der Waals surface area contributed by atoms with Crippen molar-refractivity contribution in [3.63, 3.8) is 0 Å². The molecule has 0 spiro atoms. The van der Waals surface area contributed by atoms with E-state index < -0.39 is 24.3 Å². The Morgan fingerprint density at radius 3 is 1.51 bits per heavy atom. The molecule has 234 valence electrons. The lowest BCUT2D eigenvalue weighted by Gasteiger charge is -2.12. The molecule has 0 atom stereocenters. The van der Waals surface area contributed by atoms with Crippen molar-refractivity contribution in [2.24, 2.45) is 9.98 Å². The Hall–Kier alpha value is -4.45. The molecular weight excluding hydrogens is 639 g/mol. The van der Waals surface area contributed by atoms with Crippen LogP contribution < -0.4 is 26.6 Å². The molecule has 0 fully saturated rings. The fourth-order valence-corrected chi connectivity index (χ4v) is 3.39. The van der Waals surface area contributed by atoms with Crippen molar-refractivity contribution in [2.45, 2.75) is 12.4 Å². The summed E-state index contributed by atoms with van der Waals surface area (Å²) in [5, 5.41) is 30.3. The minimum absolute atomic E-state index is 0.325. The van der Waals surface area contributed by atoms with E-state index in [1.54, 1.807) is 30.3 Å². The van der Waals surface area contributed by atoms with Crippen LogP contribution in [0.2, 0.25) is 10.0 Å². The van der Waals surface area contributed by atoms with Crippen LogP contribution in [0.15, 0.2) is 46.4 Å². The van der Waals surface area contributed by atoms with Gasteiger partial charge in [0, 0.05) is 24.5 Å². The zero-order chi connectivity index (χ0) is 32.4. The lowest BCUT2D eigenvalue weighted by molar-refractivity contribution is -0.193. The van der Waals surface area contributed by atoms with Gasteiger partial charge >= 0.3 is 24.3 Å². The molecular formula is C23H21Cl2F6N7O5. The van der Waals surface area contributed by atoms with Crippen LogP contribution in [0.25, 0.3) is 0 Å². The molecule has 2 heterocycles. The van der Waals surface area contributed by atoms with E-state index in [2.05, 4.69) is 36.6 Å². The predicted octanol–water partition coefficient (Wildman–Crippen LogP) is 4.25. The number of carbonyl (C=O) groups is 3. The topological polar surface area (TPSA) is 177 Å². The first-order valence-corrected chi connectivity index (χ1v) is 12.3. The molecule has 0 radical (unpaired) electrons. The quantitative estimate of drug-likeness (QED) is 0.236. The predicted molar refractivity (Wildman–Crippen MR) is 146 cm³/mol. The molecule has 0 saturated heterocycles. The first kappa shape index (κ1) is 34.7. The number of aliphatic imine (C=N–C) groups is 2. The number of carboxylic acid groups (broad SMARTS) is 2. The van der Waals surface area contributed by atoms with Gasteiger partial charge in [0.15, 0.2) is 11.9 Å². The van der Waals surface area contributed by atoms with Gasteiger partial charge in [0.05, 0.1) is 34.4 Å². The Labute approximate surface area is 248 Å². The van der Waals surface area contributed by atoms with Crippen molar-refractivity contribution < 1.29 is 50.9 Å². The van der Waals surface area contributed by atoms with E-state index in [0.29, 0.717) is 33.2 Å². The molecule has 0 aliphatic carbocycles. The second-order valence-corrected chi connectivity index (χ2v) is 8.83. The number of guanidine groups is 2. The van der Waals surface area contributed by atoms with Gasteiger partial charge in [-0.25, -0.2) is 9.59 Å². The average Bonchev–Trinajstić information content (AvgIpc) is 3.60. The number of hydrogen-bond donors (Lipinski definition) is 7. The van der Waals surface area contributed by atoms with Crippen LogP contribution >= 0.6 is 23.2 Å². The van der Waals surface area contributed by atoms with Crippen molar-refractivity contribution >= 4 is 70.0 Å². The highest BCUT2D eigenvalue weighted by atomic mass is 35.5. The van der Waals surface area contributed by atoms with E-state index in [9.17, 15) is 31.1 Å². The van der Waals surface area contributed by atoms with Gasteiger partial charge < -0.3 is 36.8 Å². The highest BCUT2D eigenvalue weighted by Crippen LogP contribution is 2.28. The Balaban J connectivity index is 0.000000384. The first-order chi connectivity index (χ1) is 20.0. The van der Waals surface area contributed by atoms with E-state index in [1.807, 2.05) is 6.07 Å². The number of carbonyl (C=O) groups excluding carboxylic acids is 1. The molecule has 0 unspecified atom stereocenters. The van der Waals surface area contributed by atoms with E-state index in [4.69, 9.17) is 43.0 Å². The summed E-state index contributed by atoms with van der Waals surface area (Å²) in [7, 11) is 0. The van der Waals surface area contributed by atoms with Crippen LogP contribution in [0.3, 0.4) is 0 Å². The molecule has 4 rings (SSSR count). The van der Waals surface area contributed by atoms with Crippen LogP contribution in [0.5, 0.6) is 0 Å². The lowest BCUT2D eigenvalue weighted by atomic mass is 10.2. The van der Waals surface area contributed by atoms with Crippen molar-refractivity contribution in [3.8, 4) is 0 Å². The number of alkyl halides is 6. The zero-order valence-corrected chi connectivity index (χ0v) is 22.8. The molecule has 12 nitrogen and oxygen atoms in total. The molecule has 43 heavy (non-hydrogen) atoms. The van der Waals surface area contributed by atoms with E-state index >= 15 is 0 Å². The summed E-state index contributed by atoms with van der Waals surface area (Å²) >= 11 is 12.6. The number of rotatable bonds is 4. The van der Waals surface area contributed by atoms with E-state index in [-0.39, 0.29) is 5.91 Å². The number of benzene rings is 2. The Kier molecular flexibility index (Phi) is 12.2. The Morgan fingerprint density at radius 1 is 0.744 bits per heavy atom. The number of halogens is 8. The maximum atomic E-state index is 12.7. The standard InChI is InChI=1S/C19H19Cl2N7O.2C2HF3O2/c20-14-9-11(26-18-22-5-6-23-18)1-3-13(14)17(29)28-16-4-2-12(10-15(16)21)27-19-24-7-8-25-19;2*3-2(4,5)1(6)7/h1-4,9-10H,5-8H2,(H,28,29)(H2,22,23,26)(H2,24,25,27);2*(H,6,7). The lowest BCUT2D eigenvalue weighted by Crippen LogP contribution is -2.26. The molecule has 2 aliphatic rings. The third-order valence-electron chi connectivity index (χ3n) is 4.79. The molecule has 7 N–H and O–H groups in total. The number of hydrogen-bond acceptors (Lipinski definition) is 9. The number of nitrogens with zero attached hydrogens (tertiary/aromatic N) is 2. The number of anilines is 3. The molecule has 0 aromatic heterocycles. The largest absolute Gasteiger partial charge is 0.490 e. The summed E-state index contributed by atoms with van der Waals surface area (Å²) in [4.78, 5) is 39.0. The van der Waals surface area contributed by atoms with Gasteiger partial charge in [-0.15, -0.1) is 0 Å². The van der Waals surface area contributed by atoms with Gasteiger partial charge in [0.1, 0.15) is 0 Å². The summed E-state index contributed by atoms with van der Waals surface area (Å²) in [6.45, 7) is 3.08. The average molecular weight is 660 g/mol. The summed E-state index contributed by atoms with van der Waals surface area (Å²) in [5.74, 6) is -4.46. The monoisotopic (exact) mass is 659 g/mol. The summed E-state index contributed by atoms with van der Waals surface area (Å²) in [6.07, 6.45) is -10.2. The minimum atomic E-state index is -5.08. The van der Waals surface area contributed by atoms with Gasteiger partial charge in [-0.3, -0.25) is 14.8 Å². The van der Waals surface area contributed by atoms with Crippen LogP contribution in [0, 0.1) is 0 Å². The van der Waals surface area contributed by atoms with Gasteiger partial charge in [-0.2, -0.15) is 26.3 Å². The van der Waals surface area contributed by atoms with Crippen molar-refractivity contribution in [3.05, 3.63) is 52.0 Å². The van der Waals surface area contributed by atoms with Crippen LogP contribution in [-0.2, 0) is 9.59 Å². The van der Waals surface area contributed by atoms with E-state index in [0.717, 1.165) is 37.6 Å². The normalized spacial score (nSPS) is 13.9. The molecule has 2 aliphatic heterocycles. The third kappa shape index (κ3) is 11.8. The first-order valence-electron chi connectivity index (χ1n) is 11.6. The second kappa shape index (κ2) is 15.1. The third-order valence-corrected chi connectivity index (χ3v) is 5.42. The molecule has 0 saturated carbocycles. The number of amides is 1. The number of aliphatic carboxylic acids is 2. The highest BCUT2D eigenvalue weighted by Gasteiger charge is 2.38.